The number of nitrogens with zero attached hydrogens (tertiary/aromatic N) is 2. The average molecular weight is 302 g/mol. The lowest BCUT2D eigenvalue weighted by atomic mass is 10.2. The van der Waals surface area contributed by atoms with Crippen molar-refractivity contribution in [3.05, 3.63) is 36.0 Å². The van der Waals surface area contributed by atoms with Gasteiger partial charge >= 0.3 is 5.97 Å². The number of benzene rings is 1. The van der Waals surface area contributed by atoms with Crippen LogP contribution in [0.25, 0.3) is 0 Å². The quantitative estimate of drug-likeness (QED) is 0.515. The lowest BCUT2D eigenvalue weighted by Crippen LogP contribution is -2.27. The van der Waals surface area contributed by atoms with Crippen LogP contribution in [0.4, 0.5) is 11.4 Å². The van der Waals surface area contributed by atoms with Crippen LogP contribution in [0.1, 0.15) is 6.42 Å². The molecule has 22 heavy (non-hydrogen) atoms. The Morgan fingerprint density at radius 3 is 2.45 bits per heavy atom. The van der Waals surface area contributed by atoms with Gasteiger partial charge in [0.25, 0.3) is 5.91 Å². The van der Waals surface area contributed by atoms with E-state index < -0.39 is 11.9 Å². The number of carbonyl (C=O) groups is 2. The van der Waals surface area contributed by atoms with Crippen molar-refractivity contribution in [2.24, 2.45) is 0 Å². The fraction of sp³-hybridized carbons (Fsp3) is 0.267. The number of carboxylic acids is 1. The Bertz CT molecular complexity index is 600. The van der Waals surface area contributed by atoms with Gasteiger partial charge in [-0.3, -0.25) is 9.59 Å². The Hall–Kier alpha value is -3.01. The lowest BCUT2D eigenvalue weighted by molar-refractivity contribution is -0.136. The minimum absolute atomic E-state index is 0.0231. The molecule has 0 aliphatic heterocycles. The van der Waals surface area contributed by atoms with Gasteiger partial charge in [-0.15, -0.1) is 0 Å². The minimum Gasteiger partial charge on any atom is -0.481 e. The highest BCUT2D eigenvalue weighted by atomic mass is 16.4. The molecule has 0 unspecified atom stereocenters. The fourth-order valence-corrected chi connectivity index (χ4v) is 1.54. The topological polar surface area (TPSA) is 105 Å². The highest BCUT2D eigenvalue weighted by Gasteiger charge is 2.08. The molecule has 3 N–H and O–H groups in total. The summed E-state index contributed by atoms with van der Waals surface area (Å²) < 4.78 is 0. The van der Waals surface area contributed by atoms with Gasteiger partial charge in [0.1, 0.15) is 11.6 Å². The number of amides is 1. The van der Waals surface area contributed by atoms with Gasteiger partial charge in [0.2, 0.25) is 0 Å². The van der Waals surface area contributed by atoms with E-state index in [1.54, 1.807) is 6.07 Å². The van der Waals surface area contributed by atoms with Crippen LogP contribution in [0.5, 0.6) is 0 Å². The van der Waals surface area contributed by atoms with Gasteiger partial charge in [0.05, 0.1) is 6.42 Å². The van der Waals surface area contributed by atoms with E-state index >= 15 is 0 Å². The maximum absolute atomic E-state index is 11.7. The molecule has 1 aromatic rings. The molecule has 1 amide bonds. The van der Waals surface area contributed by atoms with Crippen molar-refractivity contribution >= 4 is 23.3 Å². The molecule has 0 radical (unpaired) electrons. The molecule has 1 aromatic carbocycles. The number of anilines is 2. The summed E-state index contributed by atoms with van der Waals surface area (Å²) in [7, 11) is 3.86. The summed E-state index contributed by atoms with van der Waals surface area (Å²) in [6.07, 6.45) is 1.10. The van der Waals surface area contributed by atoms with Crippen molar-refractivity contribution in [1.82, 2.24) is 5.32 Å². The molecule has 0 atom stereocenters. The number of hydrogen-bond acceptors (Lipinski definition) is 5. The van der Waals surface area contributed by atoms with E-state index in [0.717, 1.165) is 11.4 Å². The van der Waals surface area contributed by atoms with Crippen molar-refractivity contribution in [1.29, 1.82) is 5.26 Å². The summed E-state index contributed by atoms with van der Waals surface area (Å²) in [6.45, 7) is -0.0231. The van der Waals surface area contributed by atoms with Crippen molar-refractivity contribution in [3.63, 3.8) is 0 Å². The zero-order valence-electron chi connectivity index (χ0n) is 12.5. The second-order valence-corrected chi connectivity index (χ2v) is 4.66. The van der Waals surface area contributed by atoms with Gasteiger partial charge < -0.3 is 20.6 Å². The summed E-state index contributed by atoms with van der Waals surface area (Å²) in [5.41, 5.74) is 1.64. The monoisotopic (exact) mass is 302 g/mol. The Morgan fingerprint density at radius 2 is 1.95 bits per heavy atom. The smallest absolute Gasteiger partial charge is 0.305 e. The fourth-order valence-electron chi connectivity index (χ4n) is 1.54. The summed E-state index contributed by atoms with van der Waals surface area (Å²) in [6, 6.07) is 9.21. The predicted octanol–water partition coefficient (Wildman–Crippen LogP) is 1.16. The molecule has 0 fully saturated rings. The van der Waals surface area contributed by atoms with Gasteiger partial charge in [-0.1, -0.05) is 0 Å². The first-order valence-electron chi connectivity index (χ1n) is 6.58. The standard InChI is InChI=1S/C15H18N4O3/c1-19(2)13-5-3-12(4-6-13)18-10-11(9-16)15(22)17-8-7-14(20)21/h3-6,10,18H,7-8H2,1-2H3,(H,17,22)(H,20,21)/b11-10-. The number of hydrogen-bond donors (Lipinski definition) is 3. The second kappa shape index (κ2) is 8.32. The van der Waals surface area contributed by atoms with Crippen LogP contribution < -0.4 is 15.5 Å². The van der Waals surface area contributed by atoms with Crippen molar-refractivity contribution in [2.75, 3.05) is 30.9 Å². The number of nitrogens with one attached hydrogen (secondary N) is 2. The van der Waals surface area contributed by atoms with E-state index in [0.29, 0.717) is 0 Å². The van der Waals surface area contributed by atoms with Crippen molar-refractivity contribution < 1.29 is 14.7 Å². The molecular weight excluding hydrogens is 284 g/mol. The first kappa shape index (κ1) is 17.0. The molecule has 0 bridgehead atoms. The Morgan fingerprint density at radius 1 is 1.32 bits per heavy atom. The zero-order valence-corrected chi connectivity index (χ0v) is 12.5. The Labute approximate surface area is 128 Å². The van der Waals surface area contributed by atoms with Gasteiger partial charge in [0, 0.05) is 38.2 Å². The van der Waals surface area contributed by atoms with E-state index in [1.165, 1.54) is 6.20 Å². The minimum atomic E-state index is -1.01. The normalized spacial score (nSPS) is 10.5. The first-order valence-corrected chi connectivity index (χ1v) is 6.58. The number of carbonyl (C=O) groups excluding carboxylic acids is 1. The van der Waals surface area contributed by atoms with Crippen LogP contribution in [0.2, 0.25) is 0 Å². The lowest BCUT2D eigenvalue weighted by Gasteiger charge is -2.12. The molecule has 0 saturated carbocycles. The summed E-state index contributed by atoms with van der Waals surface area (Å²) in [5, 5.41) is 22.7. The predicted molar refractivity (Wildman–Crippen MR) is 83.4 cm³/mol. The van der Waals surface area contributed by atoms with E-state index in [9.17, 15) is 9.59 Å². The maximum atomic E-state index is 11.7. The van der Waals surface area contributed by atoms with Crippen LogP contribution >= 0.6 is 0 Å². The van der Waals surface area contributed by atoms with E-state index in [4.69, 9.17) is 10.4 Å². The largest absolute Gasteiger partial charge is 0.481 e. The number of nitriles is 1. The van der Waals surface area contributed by atoms with E-state index in [2.05, 4.69) is 10.6 Å². The third-order valence-corrected chi connectivity index (χ3v) is 2.76. The van der Waals surface area contributed by atoms with Crippen molar-refractivity contribution in [2.45, 2.75) is 6.42 Å². The molecule has 0 spiro atoms. The van der Waals surface area contributed by atoms with Gasteiger partial charge in [-0.2, -0.15) is 5.26 Å². The Balaban J connectivity index is 2.63. The second-order valence-electron chi connectivity index (χ2n) is 4.66. The van der Waals surface area contributed by atoms with Crippen LogP contribution in [0, 0.1) is 11.3 Å². The molecule has 7 nitrogen and oxygen atoms in total. The average Bonchev–Trinajstić information content (AvgIpc) is 2.48. The van der Waals surface area contributed by atoms with Gasteiger partial charge in [0.15, 0.2) is 0 Å². The van der Waals surface area contributed by atoms with Crippen molar-refractivity contribution in [3.8, 4) is 6.07 Å². The van der Waals surface area contributed by atoms with Crippen LogP contribution in [0.3, 0.4) is 0 Å². The number of aliphatic carboxylic acids is 1. The molecule has 7 heteroatoms. The molecule has 0 heterocycles. The molecule has 116 valence electrons. The summed E-state index contributed by atoms with van der Waals surface area (Å²) in [4.78, 5) is 24.0. The molecular formula is C15H18N4O3. The highest BCUT2D eigenvalue weighted by molar-refractivity contribution is 5.97. The van der Waals surface area contributed by atoms with Crippen LogP contribution in [0.15, 0.2) is 36.0 Å². The third kappa shape index (κ3) is 5.54. The number of rotatable bonds is 7. The zero-order chi connectivity index (χ0) is 16.5. The maximum Gasteiger partial charge on any atom is 0.305 e. The molecule has 0 aliphatic rings. The highest BCUT2D eigenvalue weighted by Crippen LogP contribution is 2.15. The van der Waals surface area contributed by atoms with E-state index in [-0.39, 0.29) is 18.5 Å². The van der Waals surface area contributed by atoms with E-state index in [1.807, 2.05) is 43.3 Å². The van der Waals surface area contributed by atoms with Crippen LogP contribution in [-0.4, -0.2) is 37.6 Å². The number of carboxylic acid groups (broad SMARTS) is 1. The van der Waals surface area contributed by atoms with Crippen LogP contribution in [-0.2, 0) is 9.59 Å². The summed E-state index contributed by atoms with van der Waals surface area (Å²) in [5.74, 6) is -1.62. The molecule has 0 saturated heterocycles. The molecule has 1 rings (SSSR count). The molecule has 0 aliphatic carbocycles. The summed E-state index contributed by atoms with van der Waals surface area (Å²) >= 11 is 0. The first-order chi connectivity index (χ1) is 10.4. The van der Waals surface area contributed by atoms with Gasteiger partial charge in [-0.25, -0.2) is 0 Å². The SMILES string of the molecule is CN(C)c1ccc(N/C=C(/C#N)C(=O)NCCC(=O)O)cc1. The third-order valence-electron chi connectivity index (χ3n) is 2.76. The van der Waals surface area contributed by atoms with Gasteiger partial charge in [-0.05, 0) is 24.3 Å². The Kier molecular flexibility index (Phi) is 6.44. The molecule has 0 aromatic heterocycles.